The third-order valence-corrected chi connectivity index (χ3v) is 4.02. The molecule has 0 unspecified atom stereocenters. The molecule has 0 radical (unpaired) electrons. The number of halogens is 3. The Labute approximate surface area is 152 Å². The average molecular weight is 379 g/mol. The Kier molecular flexibility index (Phi) is 5.34. The van der Waals surface area contributed by atoms with E-state index in [1.807, 2.05) is 0 Å². The van der Waals surface area contributed by atoms with Gasteiger partial charge in [-0.15, -0.1) is 0 Å². The van der Waals surface area contributed by atoms with Crippen LogP contribution in [0.15, 0.2) is 57.7 Å². The highest BCUT2D eigenvalue weighted by Gasteiger charge is 2.29. The molecule has 1 aromatic heterocycles. The molecule has 1 heterocycles. The Morgan fingerprint density at radius 3 is 2.48 bits per heavy atom. The second kappa shape index (κ2) is 7.69. The van der Waals surface area contributed by atoms with Crippen LogP contribution in [0.2, 0.25) is 0 Å². The number of alkyl halides is 3. The van der Waals surface area contributed by atoms with E-state index in [-0.39, 0.29) is 13.0 Å². The van der Waals surface area contributed by atoms with Gasteiger partial charge in [0.1, 0.15) is 6.61 Å². The maximum atomic E-state index is 12.5. The van der Waals surface area contributed by atoms with Gasteiger partial charge in [-0.05, 0) is 36.2 Å². The largest absolute Gasteiger partial charge is 0.461 e. The van der Waals surface area contributed by atoms with E-state index in [1.54, 1.807) is 24.3 Å². The molecule has 0 spiro atoms. The molecule has 0 fully saturated rings. The summed E-state index contributed by atoms with van der Waals surface area (Å²) in [5.41, 5.74) is 0.844. The summed E-state index contributed by atoms with van der Waals surface area (Å²) in [6.45, 7) is 0.191. The zero-order valence-corrected chi connectivity index (χ0v) is 14.2. The van der Waals surface area contributed by atoms with Gasteiger partial charge in [-0.3, -0.25) is 9.36 Å². The van der Waals surface area contributed by atoms with Crippen LogP contribution in [-0.4, -0.2) is 10.5 Å². The standard InChI is InChI=1S/C19H16F3NO4/c20-19(21,22)14-9-7-13(8-10-14)12-26-17(24)6-3-11-23-15-4-1-2-5-16(15)27-18(23)25/h1-2,4-5,7-10H,3,6,11-12H2. The summed E-state index contributed by atoms with van der Waals surface area (Å²) < 4.78 is 49.1. The number of esters is 1. The van der Waals surface area contributed by atoms with Gasteiger partial charge in [-0.25, -0.2) is 4.79 Å². The highest BCUT2D eigenvalue weighted by atomic mass is 19.4. The second-order valence-corrected chi connectivity index (χ2v) is 5.95. The Morgan fingerprint density at radius 2 is 1.78 bits per heavy atom. The van der Waals surface area contributed by atoms with Crippen molar-refractivity contribution in [1.82, 2.24) is 4.57 Å². The van der Waals surface area contributed by atoms with Crippen molar-refractivity contribution in [3.05, 3.63) is 70.2 Å². The van der Waals surface area contributed by atoms with E-state index in [0.29, 0.717) is 29.6 Å². The summed E-state index contributed by atoms with van der Waals surface area (Å²) in [7, 11) is 0. The molecule has 0 aliphatic rings. The number of rotatable bonds is 6. The molecule has 0 aliphatic carbocycles. The fraction of sp³-hybridized carbons (Fsp3) is 0.263. The Morgan fingerprint density at radius 1 is 1.07 bits per heavy atom. The predicted molar refractivity (Wildman–Crippen MR) is 90.9 cm³/mol. The average Bonchev–Trinajstić information content (AvgIpc) is 2.95. The van der Waals surface area contributed by atoms with E-state index in [1.165, 1.54) is 16.7 Å². The van der Waals surface area contributed by atoms with E-state index in [2.05, 4.69) is 0 Å². The first-order chi connectivity index (χ1) is 12.8. The minimum atomic E-state index is -4.40. The number of carbonyl (C=O) groups excluding carboxylic acids is 1. The van der Waals surface area contributed by atoms with Gasteiger partial charge in [-0.1, -0.05) is 24.3 Å². The van der Waals surface area contributed by atoms with Crippen LogP contribution in [-0.2, 0) is 28.9 Å². The summed E-state index contributed by atoms with van der Waals surface area (Å²) in [5, 5.41) is 0. The molecule has 3 aromatic rings. The molecular formula is C19H16F3NO4. The summed E-state index contributed by atoms with van der Waals surface area (Å²) in [4.78, 5) is 23.6. The normalized spacial score (nSPS) is 11.7. The number of para-hydroxylation sites is 2. The van der Waals surface area contributed by atoms with E-state index >= 15 is 0 Å². The summed E-state index contributed by atoms with van der Waals surface area (Å²) in [5.74, 6) is -0.981. The molecule has 0 saturated heterocycles. The lowest BCUT2D eigenvalue weighted by atomic mass is 10.1. The van der Waals surface area contributed by atoms with Crippen molar-refractivity contribution < 1.29 is 27.1 Å². The first-order valence-corrected chi connectivity index (χ1v) is 8.25. The third-order valence-electron chi connectivity index (χ3n) is 4.02. The van der Waals surface area contributed by atoms with Crippen LogP contribution in [0.1, 0.15) is 24.0 Å². The minimum absolute atomic E-state index is 0.0760. The van der Waals surface area contributed by atoms with E-state index < -0.39 is 23.5 Å². The van der Waals surface area contributed by atoms with E-state index in [0.717, 1.165) is 12.1 Å². The fourth-order valence-electron chi connectivity index (χ4n) is 2.63. The lowest BCUT2D eigenvalue weighted by Crippen LogP contribution is -2.15. The van der Waals surface area contributed by atoms with Crippen molar-refractivity contribution in [1.29, 1.82) is 0 Å². The van der Waals surface area contributed by atoms with Crippen LogP contribution >= 0.6 is 0 Å². The number of hydrogen-bond acceptors (Lipinski definition) is 4. The van der Waals surface area contributed by atoms with Crippen molar-refractivity contribution in [2.24, 2.45) is 0 Å². The maximum Gasteiger partial charge on any atom is 0.419 e. The minimum Gasteiger partial charge on any atom is -0.461 e. The summed E-state index contributed by atoms with van der Waals surface area (Å²) in [6, 6.07) is 11.4. The Balaban J connectivity index is 1.48. The Hall–Kier alpha value is -3.03. The molecule has 0 saturated carbocycles. The van der Waals surface area contributed by atoms with Crippen molar-refractivity contribution in [3.8, 4) is 0 Å². The van der Waals surface area contributed by atoms with Crippen molar-refractivity contribution in [3.63, 3.8) is 0 Å². The number of nitrogens with zero attached hydrogens (tertiary/aromatic N) is 1. The number of oxazole rings is 1. The maximum absolute atomic E-state index is 12.5. The van der Waals surface area contributed by atoms with Crippen LogP contribution in [0.25, 0.3) is 11.1 Å². The van der Waals surface area contributed by atoms with Crippen molar-refractivity contribution in [2.45, 2.75) is 32.2 Å². The van der Waals surface area contributed by atoms with Gasteiger partial charge in [0, 0.05) is 13.0 Å². The van der Waals surface area contributed by atoms with Crippen LogP contribution in [0.3, 0.4) is 0 Å². The summed E-state index contributed by atoms with van der Waals surface area (Å²) in [6.07, 6.45) is -3.95. The smallest absolute Gasteiger partial charge is 0.419 e. The highest BCUT2D eigenvalue weighted by Crippen LogP contribution is 2.29. The monoisotopic (exact) mass is 379 g/mol. The molecule has 27 heavy (non-hydrogen) atoms. The van der Waals surface area contributed by atoms with E-state index in [4.69, 9.17) is 9.15 Å². The van der Waals surface area contributed by atoms with Gasteiger partial charge in [0.25, 0.3) is 0 Å². The molecule has 8 heteroatoms. The molecular weight excluding hydrogens is 363 g/mol. The molecule has 142 valence electrons. The van der Waals surface area contributed by atoms with Crippen LogP contribution in [0.5, 0.6) is 0 Å². The van der Waals surface area contributed by atoms with Crippen molar-refractivity contribution >= 4 is 17.1 Å². The molecule has 0 N–H and O–H groups in total. The van der Waals surface area contributed by atoms with Gasteiger partial charge in [0.15, 0.2) is 5.58 Å². The van der Waals surface area contributed by atoms with Gasteiger partial charge < -0.3 is 9.15 Å². The van der Waals surface area contributed by atoms with Gasteiger partial charge in [0.2, 0.25) is 0 Å². The molecule has 3 rings (SSSR count). The first kappa shape index (κ1) is 18.8. The van der Waals surface area contributed by atoms with Gasteiger partial charge in [-0.2, -0.15) is 13.2 Å². The summed E-state index contributed by atoms with van der Waals surface area (Å²) >= 11 is 0. The third kappa shape index (κ3) is 4.58. The number of aryl methyl sites for hydroxylation is 1. The van der Waals surface area contributed by atoms with Crippen LogP contribution in [0.4, 0.5) is 13.2 Å². The van der Waals surface area contributed by atoms with Crippen LogP contribution in [0, 0.1) is 0 Å². The predicted octanol–water partition coefficient (Wildman–Crippen LogP) is 4.14. The topological polar surface area (TPSA) is 61.4 Å². The number of fused-ring (bicyclic) bond motifs is 1. The van der Waals surface area contributed by atoms with Crippen molar-refractivity contribution in [2.75, 3.05) is 0 Å². The molecule has 0 bridgehead atoms. The second-order valence-electron chi connectivity index (χ2n) is 5.95. The SMILES string of the molecule is O=C(CCCn1c(=O)oc2ccccc21)OCc1ccc(C(F)(F)F)cc1. The molecule has 2 aromatic carbocycles. The zero-order valence-electron chi connectivity index (χ0n) is 14.2. The van der Waals surface area contributed by atoms with Gasteiger partial charge in [0.05, 0.1) is 11.1 Å². The van der Waals surface area contributed by atoms with Crippen LogP contribution < -0.4 is 5.76 Å². The lowest BCUT2D eigenvalue weighted by Gasteiger charge is -2.08. The first-order valence-electron chi connectivity index (χ1n) is 8.25. The number of hydrogen-bond donors (Lipinski definition) is 0. The molecule has 0 aliphatic heterocycles. The number of ether oxygens (including phenoxy) is 1. The molecule has 5 nitrogen and oxygen atoms in total. The Bertz CT molecular complexity index is 987. The molecule has 0 amide bonds. The fourth-order valence-corrected chi connectivity index (χ4v) is 2.63. The number of aromatic nitrogens is 1. The quantitative estimate of drug-likeness (QED) is 0.604. The van der Waals surface area contributed by atoms with Gasteiger partial charge >= 0.3 is 17.9 Å². The van der Waals surface area contributed by atoms with E-state index in [9.17, 15) is 22.8 Å². The number of benzene rings is 2. The molecule has 0 atom stereocenters. The zero-order chi connectivity index (χ0) is 19.4. The lowest BCUT2D eigenvalue weighted by molar-refractivity contribution is -0.145. The highest BCUT2D eigenvalue weighted by molar-refractivity contribution is 5.72. The number of carbonyl (C=O) groups is 1.